The number of allylic oxidation sites excluding steroid dienone is 2. The van der Waals surface area contributed by atoms with Gasteiger partial charge in [0.05, 0.1) is 17.9 Å². The molecule has 0 amide bonds. The predicted octanol–water partition coefficient (Wildman–Crippen LogP) is 2.98. The summed E-state index contributed by atoms with van der Waals surface area (Å²) >= 11 is 0. The van der Waals surface area contributed by atoms with Crippen LogP contribution in [0.25, 0.3) is 5.69 Å². The van der Waals surface area contributed by atoms with Gasteiger partial charge in [-0.3, -0.25) is 0 Å². The molecule has 2 aromatic rings. The molecule has 3 rings (SSSR count). The lowest BCUT2D eigenvalue weighted by Crippen LogP contribution is -2.10. The average molecular weight is 327 g/mol. The van der Waals surface area contributed by atoms with Gasteiger partial charge in [0.2, 0.25) is 0 Å². The van der Waals surface area contributed by atoms with Gasteiger partial charge in [0.15, 0.2) is 5.82 Å². The van der Waals surface area contributed by atoms with Gasteiger partial charge < -0.3 is 9.84 Å². The highest BCUT2D eigenvalue weighted by Crippen LogP contribution is 2.29. The fraction of sp³-hybridized carbons (Fsp3) is 0.389. The van der Waals surface area contributed by atoms with Crippen molar-refractivity contribution >= 4 is 5.97 Å². The van der Waals surface area contributed by atoms with Gasteiger partial charge in [0, 0.05) is 19.4 Å². The third-order valence-electron chi connectivity index (χ3n) is 4.20. The highest BCUT2D eigenvalue weighted by atomic mass is 16.5. The molecule has 1 atom stereocenters. The van der Waals surface area contributed by atoms with Gasteiger partial charge in [-0.05, 0) is 43.5 Å². The SMILES string of the molecule is COCCc1nc(C2CC=CCC2)n(-c2ccc(C(=O)O)cc2)n1. The van der Waals surface area contributed by atoms with Crippen LogP contribution in [0.1, 0.15) is 47.2 Å². The number of rotatable bonds is 6. The van der Waals surface area contributed by atoms with Gasteiger partial charge in [-0.25, -0.2) is 14.5 Å². The average Bonchev–Trinajstić information content (AvgIpc) is 3.05. The number of carboxylic acids is 1. The first-order valence-corrected chi connectivity index (χ1v) is 8.12. The number of carboxylic acid groups (broad SMARTS) is 1. The quantitative estimate of drug-likeness (QED) is 0.825. The summed E-state index contributed by atoms with van der Waals surface area (Å²) in [6, 6.07) is 6.75. The highest BCUT2D eigenvalue weighted by Gasteiger charge is 2.21. The van der Waals surface area contributed by atoms with E-state index >= 15 is 0 Å². The molecule has 0 saturated carbocycles. The van der Waals surface area contributed by atoms with Crippen LogP contribution in [0, 0.1) is 0 Å². The van der Waals surface area contributed by atoms with Crippen LogP contribution in [-0.4, -0.2) is 39.6 Å². The Morgan fingerprint density at radius 1 is 1.33 bits per heavy atom. The van der Waals surface area contributed by atoms with E-state index < -0.39 is 5.97 Å². The molecule has 6 nitrogen and oxygen atoms in total. The van der Waals surface area contributed by atoms with Crippen LogP contribution in [0.2, 0.25) is 0 Å². The summed E-state index contributed by atoms with van der Waals surface area (Å²) in [6.07, 6.45) is 8.09. The third kappa shape index (κ3) is 3.54. The van der Waals surface area contributed by atoms with Crippen molar-refractivity contribution in [1.82, 2.24) is 14.8 Å². The molecular formula is C18H21N3O3. The van der Waals surface area contributed by atoms with E-state index in [4.69, 9.17) is 14.8 Å². The first-order valence-electron chi connectivity index (χ1n) is 8.12. The number of carbonyl (C=O) groups is 1. The molecule has 1 aliphatic rings. The van der Waals surface area contributed by atoms with E-state index in [1.165, 1.54) is 0 Å². The Morgan fingerprint density at radius 2 is 2.12 bits per heavy atom. The summed E-state index contributed by atoms with van der Waals surface area (Å²) in [6.45, 7) is 0.575. The summed E-state index contributed by atoms with van der Waals surface area (Å²) in [5.74, 6) is 1.09. The maximum atomic E-state index is 11.0. The Kier molecular flexibility index (Phi) is 5.05. The Hall–Kier alpha value is -2.47. The maximum absolute atomic E-state index is 11.0. The number of ether oxygens (including phenoxy) is 1. The van der Waals surface area contributed by atoms with E-state index in [-0.39, 0.29) is 5.56 Å². The number of benzene rings is 1. The molecule has 1 N–H and O–H groups in total. The lowest BCUT2D eigenvalue weighted by atomic mass is 9.93. The molecule has 0 radical (unpaired) electrons. The van der Waals surface area contributed by atoms with Crippen molar-refractivity contribution in [2.45, 2.75) is 31.6 Å². The first kappa shape index (κ1) is 16.4. The van der Waals surface area contributed by atoms with Crippen molar-refractivity contribution in [3.8, 4) is 5.69 Å². The second-order valence-electron chi connectivity index (χ2n) is 5.87. The van der Waals surface area contributed by atoms with E-state index in [1.807, 2.05) is 4.68 Å². The smallest absolute Gasteiger partial charge is 0.335 e. The van der Waals surface area contributed by atoms with Crippen LogP contribution >= 0.6 is 0 Å². The van der Waals surface area contributed by atoms with Crippen molar-refractivity contribution < 1.29 is 14.6 Å². The lowest BCUT2D eigenvalue weighted by Gasteiger charge is -2.17. The zero-order valence-electron chi connectivity index (χ0n) is 13.7. The van der Waals surface area contributed by atoms with E-state index in [0.29, 0.717) is 18.9 Å². The molecule has 1 aliphatic carbocycles. The molecule has 0 saturated heterocycles. The van der Waals surface area contributed by atoms with Crippen LogP contribution in [0.3, 0.4) is 0 Å². The Labute approximate surface area is 140 Å². The number of nitrogens with zero attached hydrogens (tertiary/aromatic N) is 3. The Bertz CT molecular complexity index is 734. The van der Waals surface area contributed by atoms with Gasteiger partial charge in [-0.2, -0.15) is 5.10 Å². The predicted molar refractivity (Wildman–Crippen MR) is 89.6 cm³/mol. The molecule has 1 aromatic carbocycles. The van der Waals surface area contributed by atoms with E-state index in [9.17, 15) is 4.79 Å². The van der Waals surface area contributed by atoms with Crippen molar-refractivity contribution in [3.05, 3.63) is 53.6 Å². The summed E-state index contributed by atoms with van der Waals surface area (Å²) < 4.78 is 6.97. The molecule has 1 heterocycles. The molecule has 126 valence electrons. The summed E-state index contributed by atoms with van der Waals surface area (Å²) in [4.78, 5) is 15.8. The van der Waals surface area contributed by atoms with Gasteiger partial charge in [-0.15, -0.1) is 0 Å². The molecule has 0 spiro atoms. The monoisotopic (exact) mass is 327 g/mol. The molecule has 0 bridgehead atoms. The Balaban J connectivity index is 1.95. The second kappa shape index (κ2) is 7.40. The number of hydrogen-bond donors (Lipinski definition) is 1. The van der Waals surface area contributed by atoms with Crippen molar-refractivity contribution in [2.75, 3.05) is 13.7 Å². The van der Waals surface area contributed by atoms with Crippen LogP contribution in [0.4, 0.5) is 0 Å². The number of methoxy groups -OCH3 is 1. The Morgan fingerprint density at radius 3 is 2.75 bits per heavy atom. The zero-order valence-corrected chi connectivity index (χ0v) is 13.7. The van der Waals surface area contributed by atoms with Crippen LogP contribution in [0.5, 0.6) is 0 Å². The van der Waals surface area contributed by atoms with Gasteiger partial charge in [-0.1, -0.05) is 12.2 Å². The molecule has 24 heavy (non-hydrogen) atoms. The molecule has 1 aromatic heterocycles. The summed E-state index contributed by atoms with van der Waals surface area (Å²) in [5.41, 5.74) is 1.10. The van der Waals surface area contributed by atoms with Crippen LogP contribution in [-0.2, 0) is 11.2 Å². The summed E-state index contributed by atoms with van der Waals surface area (Å²) in [5, 5.41) is 13.7. The molecule has 0 fully saturated rings. The fourth-order valence-corrected chi connectivity index (χ4v) is 2.90. The van der Waals surface area contributed by atoms with Gasteiger partial charge in [0.1, 0.15) is 5.82 Å². The van der Waals surface area contributed by atoms with Gasteiger partial charge in [0.25, 0.3) is 0 Å². The lowest BCUT2D eigenvalue weighted by molar-refractivity contribution is 0.0697. The summed E-state index contributed by atoms with van der Waals surface area (Å²) in [7, 11) is 1.66. The number of aromatic carboxylic acids is 1. The van der Waals surface area contributed by atoms with E-state index in [2.05, 4.69) is 17.3 Å². The number of hydrogen-bond acceptors (Lipinski definition) is 4. The molecule has 1 unspecified atom stereocenters. The van der Waals surface area contributed by atoms with E-state index in [0.717, 1.165) is 36.6 Å². The fourth-order valence-electron chi connectivity index (χ4n) is 2.90. The third-order valence-corrected chi connectivity index (χ3v) is 4.20. The van der Waals surface area contributed by atoms with Crippen LogP contribution in [0.15, 0.2) is 36.4 Å². The van der Waals surface area contributed by atoms with Gasteiger partial charge >= 0.3 is 5.97 Å². The van der Waals surface area contributed by atoms with Crippen LogP contribution < -0.4 is 0 Å². The zero-order chi connectivity index (χ0) is 16.9. The maximum Gasteiger partial charge on any atom is 0.335 e. The molecule has 0 aliphatic heterocycles. The highest BCUT2D eigenvalue weighted by molar-refractivity contribution is 5.87. The topological polar surface area (TPSA) is 77.2 Å². The minimum atomic E-state index is -0.932. The second-order valence-corrected chi connectivity index (χ2v) is 5.87. The standard InChI is InChI=1S/C18H21N3O3/c1-24-12-11-16-19-17(13-5-3-2-4-6-13)21(20-16)15-9-7-14(8-10-15)18(22)23/h2-3,7-10,13H,4-6,11-12H2,1H3,(H,22,23). The normalized spacial score (nSPS) is 17.1. The number of aromatic nitrogens is 3. The van der Waals surface area contributed by atoms with Crippen molar-refractivity contribution in [2.24, 2.45) is 0 Å². The molecular weight excluding hydrogens is 306 g/mol. The first-order chi connectivity index (χ1) is 11.7. The minimum Gasteiger partial charge on any atom is -0.478 e. The molecule has 6 heteroatoms. The minimum absolute atomic E-state index is 0.264. The van der Waals surface area contributed by atoms with Crippen molar-refractivity contribution in [3.63, 3.8) is 0 Å². The van der Waals surface area contributed by atoms with Crippen molar-refractivity contribution in [1.29, 1.82) is 0 Å². The largest absolute Gasteiger partial charge is 0.478 e. The van der Waals surface area contributed by atoms with E-state index in [1.54, 1.807) is 31.4 Å².